The molecule has 2 heterocycles. The number of nitrogens with zero attached hydrogens (tertiary/aromatic N) is 1. The van der Waals surface area contributed by atoms with E-state index in [1.807, 2.05) is 25.4 Å². The van der Waals surface area contributed by atoms with Gasteiger partial charge in [-0.2, -0.15) is 0 Å². The minimum absolute atomic E-state index is 0.108. The van der Waals surface area contributed by atoms with Crippen LogP contribution in [0.15, 0.2) is 18.3 Å². The molecule has 0 bridgehead atoms. The first kappa shape index (κ1) is 10.1. The third-order valence-electron chi connectivity index (χ3n) is 4.40. The monoisotopic (exact) mass is 218 g/mol. The number of ketones is 1. The number of Topliss-reactive ketones (excluding diaryl/α,β-unsaturated/α-hetero) is 1. The van der Waals surface area contributed by atoms with Gasteiger partial charge in [0.25, 0.3) is 0 Å². The van der Waals surface area contributed by atoms with Crippen LogP contribution >= 0.6 is 0 Å². The Balaban J connectivity index is 2.08. The van der Waals surface area contributed by atoms with E-state index in [4.69, 9.17) is 0 Å². The average Bonchev–Trinajstić information content (AvgIpc) is 2.93. The lowest BCUT2D eigenvalue weighted by atomic mass is 9.72. The summed E-state index contributed by atoms with van der Waals surface area (Å²) in [6.45, 7) is 0.935. The van der Waals surface area contributed by atoms with Gasteiger partial charge in [0.15, 0.2) is 5.78 Å². The number of carbonyl (C=O) groups excluding carboxylic acids is 1. The summed E-state index contributed by atoms with van der Waals surface area (Å²) < 4.78 is 2.09. The fraction of sp³-hybridized carbons (Fsp3) is 0.615. The number of hydrogen-bond donors (Lipinski definition) is 1. The summed E-state index contributed by atoms with van der Waals surface area (Å²) >= 11 is 0. The summed E-state index contributed by atoms with van der Waals surface area (Å²) in [6.07, 6.45) is 6.53. The fourth-order valence-corrected chi connectivity index (χ4v) is 3.51. The van der Waals surface area contributed by atoms with Gasteiger partial charge in [0, 0.05) is 18.8 Å². The van der Waals surface area contributed by atoms with E-state index in [1.54, 1.807) is 0 Å². The first-order valence-electron chi connectivity index (χ1n) is 6.15. The zero-order valence-corrected chi connectivity index (χ0v) is 9.70. The van der Waals surface area contributed by atoms with Crippen LogP contribution in [0.2, 0.25) is 0 Å². The van der Waals surface area contributed by atoms with Crippen LogP contribution in [0.3, 0.4) is 0 Å². The number of nitrogens with one attached hydrogen (secondary N) is 1. The molecular formula is C13H18N2O. The zero-order chi connectivity index (χ0) is 11.2. The summed E-state index contributed by atoms with van der Waals surface area (Å²) in [5.74, 6) is 0.362. The van der Waals surface area contributed by atoms with Gasteiger partial charge in [0.2, 0.25) is 0 Å². The second kappa shape index (κ2) is 3.45. The molecule has 1 aliphatic heterocycles. The van der Waals surface area contributed by atoms with E-state index in [9.17, 15) is 4.79 Å². The van der Waals surface area contributed by atoms with Crippen LogP contribution in [-0.2, 0) is 6.54 Å². The Morgan fingerprint density at radius 2 is 2.19 bits per heavy atom. The predicted molar refractivity (Wildman–Crippen MR) is 62.5 cm³/mol. The molecule has 1 aliphatic carbocycles. The first-order valence-corrected chi connectivity index (χ1v) is 6.15. The van der Waals surface area contributed by atoms with Crippen molar-refractivity contribution in [1.82, 2.24) is 9.88 Å². The van der Waals surface area contributed by atoms with Gasteiger partial charge in [-0.15, -0.1) is 0 Å². The van der Waals surface area contributed by atoms with Crippen LogP contribution in [-0.4, -0.2) is 23.4 Å². The molecule has 1 aromatic heterocycles. The lowest BCUT2D eigenvalue weighted by molar-refractivity contribution is 0.0650. The van der Waals surface area contributed by atoms with Crippen molar-refractivity contribution >= 4 is 5.78 Å². The molecule has 3 rings (SSSR count). The molecule has 1 spiro atoms. The molecule has 3 heteroatoms. The standard InChI is InChI=1S/C13H18N2O/c1-14-11-9-15-8-4-5-10(15)12(16)13(11)6-2-3-7-13/h4-5,8,11,14H,2-3,6-7,9H2,1H3. The van der Waals surface area contributed by atoms with Crippen molar-refractivity contribution in [3.8, 4) is 0 Å². The molecule has 1 fully saturated rings. The lowest BCUT2D eigenvalue weighted by Gasteiger charge is -2.40. The second-order valence-corrected chi connectivity index (χ2v) is 5.08. The first-order chi connectivity index (χ1) is 7.78. The van der Waals surface area contributed by atoms with Gasteiger partial charge in [-0.3, -0.25) is 4.79 Å². The number of fused-ring (bicyclic) bond motifs is 1. The van der Waals surface area contributed by atoms with Gasteiger partial charge in [-0.05, 0) is 32.0 Å². The van der Waals surface area contributed by atoms with Crippen LogP contribution in [0.4, 0.5) is 0 Å². The molecule has 0 amide bonds. The van der Waals surface area contributed by atoms with Gasteiger partial charge in [0.1, 0.15) is 0 Å². The molecule has 0 radical (unpaired) electrons. The molecule has 2 aliphatic rings. The number of aromatic nitrogens is 1. The minimum atomic E-state index is -0.108. The van der Waals surface area contributed by atoms with Crippen LogP contribution in [0.5, 0.6) is 0 Å². The molecule has 0 aromatic carbocycles. The molecule has 1 atom stereocenters. The molecule has 3 nitrogen and oxygen atoms in total. The topological polar surface area (TPSA) is 34.0 Å². The SMILES string of the molecule is CNC1Cn2cccc2C(=O)C12CCCC2. The van der Waals surface area contributed by atoms with Crippen molar-refractivity contribution in [3.63, 3.8) is 0 Å². The van der Waals surface area contributed by atoms with Gasteiger partial charge in [0.05, 0.1) is 11.1 Å². The molecular weight excluding hydrogens is 200 g/mol. The number of likely N-dealkylation sites (N-methyl/N-ethyl adjacent to an activating group) is 1. The van der Waals surface area contributed by atoms with E-state index in [0.29, 0.717) is 11.8 Å². The Kier molecular flexibility index (Phi) is 2.18. The summed E-state index contributed by atoms with van der Waals surface area (Å²) in [4.78, 5) is 12.6. The molecule has 86 valence electrons. The molecule has 1 unspecified atom stereocenters. The Hall–Kier alpha value is -1.09. The highest BCUT2D eigenvalue weighted by Crippen LogP contribution is 2.46. The Labute approximate surface area is 95.8 Å². The highest BCUT2D eigenvalue weighted by molar-refractivity contribution is 6.00. The molecule has 1 saturated carbocycles. The molecule has 1 N–H and O–H groups in total. The van der Waals surface area contributed by atoms with Crippen molar-refractivity contribution in [3.05, 3.63) is 24.0 Å². The molecule has 16 heavy (non-hydrogen) atoms. The third kappa shape index (κ3) is 1.15. The summed E-state index contributed by atoms with van der Waals surface area (Å²) in [5.41, 5.74) is 0.803. The van der Waals surface area contributed by atoms with Crippen molar-refractivity contribution < 1.29 is 4.79 Å². The van der Waals surface area contributed by atoms with E-state index in [0.717, 1.165) is 25.1 Å². The smallest absolute Gasteiger partial charge is 0.186 e. The van der Waals surface area contributed by atoms with E-state index in [2.05, 4.69) is 9.88 Å². The van der Waals surface area contributed by atoms with Crippen LogP contribution < -0.4 is 5.32 Å². The second-order valence-electron chi connectivity index (χ2n) is 5.08. The maximum atomic E-state index is 12.6. The maximum Gasteiger partial charge on any atom is 0.186 e. The van der Waals surface area contributed by atoms with Gasteiger partial charge in [-0.1, -0.05) is 12.8 Å². The van der Waals surface area contributed by atoms with Crippen molar-refractivity contribution in [2.75, 3.05) is 7.05 Å². The summed E-state index contributed by atoms with van der Waals surface area (Å²) in [5, 5.41) is 3.36. The van der Waals surface area contributed by atoms with Crippen molar-refractivity contribution in [2.24, 2.45) is 5.41 Å². The van der Waals surface area contributed by atoms with Gasteiger partial charge in [-0.25, -0.2) is 0 Å². The number of rotatable bonds is 1. The largest absolute Gasteiger partial charge is 0.343 e. The Morgan fingerprint density at radius 3 is 2.88 bits per heavy atom. The summed E-state index contributed by atoms with van der Waals surface area (Å²) in [7, 11) is 1.98. The third-order valence-corrected chi connectivity index (χ3v) is 4.40. The van der Waals surface area contributed by atoms with E-state index >= 15 is 0 Å². The fourth-order valence-electron chi connectivity index (χ4n) is 3.51. The van der Waals surface area contributed by atoms with Crippen molar-refractivity contribution in [1.29, 1.82) is 0 Å². The minimum Gasteiger partial charge on any atom is -0.343 e. The quantitative estimate of drug-likeness (QED) is 0.780. The van der Waals surface area contributed by atoms with Gasteiger partial charge >= 0.3 is 0 Å². The molecule has 1 aromatic rings. The van der Waals surface area contributed by atoms with E-state index < -0.39 is 0 Å². The zero-order valence-electron chi connectivity index (χ0n) is 9.70. The van der Waals surface area contributed by atoms with E-state index in [-0.39, 0.29) is 5.41 Å². The summed E-state index contributed by atoms with van der Waals surface area (Å²) in [6, 6.07) is 4.25. The predicted octanol–water partition coefficient (Wildman–Crippen LogP) is 1.83. The van der Waals surface area contributed by atoms with Crippen LogP contribution in [0.1, 0.15) is 36.2 Å². The highest BCUT2D eigenvalue weighted by Gasteiger charge is 2.50. The lowest BCUT2D eigenvalue weighted by Crippen LogP contribution is -2.53. The average molecular weight is 218 g/mol. The Bertz CT molecular complexity index is 415. The number of carbonyl (C=O) groups is 1. The molecule has 0 saturated heterocycles. The number of hydrogen-bond acceptors (Lipinski definition) is 2. The normalized spacial score (nSPS) is 27.3. The van der Waals surface area contributed by atoms with Crippen LogP contribution in [0.25, 0.3) is 0 Å². The van der Waals surface area contributed by atoms with Crippen LogP contribution in [0, 0.1) is 5.41 Å². The highest BCUT2D eigenvalue weighted by atomic mass is 16.1. The van der Waals surface area contributed by atoms with Crippen molar-refractivity contribution in [2.45, 2.75) is 38.3 Å². The maximum absolute atomic E-state index is 12.6. The van der Waals surface area contributed by atoms with E-state index in [1.165, 1.54) is 12.8 Å². The Morgan fingerprint density at radius 1 is 1.44 bits per heavy atom. The van der Waals surface area contributed by atoms with Gasteiger partial charge < -0.3 is 9.88 Å².